The minimum Gasteiger partial charge on any atom is -1.00 e. The van der Waals surface area contributed by atoms with Gasteiger partial charge in [-0.15, -0.1) is 0 Å². The summed E-state index contributed by atoms with van der Waals surface area (Å²) in [5, 5.41) is 0.750. The standard InChI is InChI=1S/C19H25ClNO.HI/c1-3-4-5-6-7-14-22-18-10-8-16(9-11-18)19-15-17(20)12-13-21(19)2;/h8-13,15H,3-7,14H2,1-2H3;1H/q+1;/p-1. The highest BCUT2D eigenvalue weighted by Gasteiger charge is 2.10. The van der Waals surface area contributed by atoms with E-state index in [1.807, 2.05) is 37.5 Å². The quantitative estimate of drug-likeness (QED) is 0.345. The van der Waals surface area contributed by atoms with Crippen molar-refractivity contribution in [1.82, 2.24) is 0 Å². The van der Waals surface area contributed by atoms with E-state index in [0.29, 0.717) is 0 Å². The Hall–Kier alpha value is -0.810. The molecule has 126 valence electrons. The maximum atomic E-state index is 6.08. The molecule has 0 saturated heterocycles. The molecule has 0 unspecified atom stereocenters. The third kappa shape index (κ3) is 6.68. The van der Waals surface area contributed by atoms with E-state index in [-0.39, 0.29) is 24.0 Å². The molecule has 0 aliphatic rings. The van der Waals surface area contributed by atoms with Gasteiger partial charge in [-0.05, 0) is 30.7 Å². The number of ether oxygens (including phenoxy) is 1. The molecule has 0 saturated carbocycles. The molecule has 0 N–H and O–H groups in total. The summed E-state index contributed by atoms with van der Waals surface area (Å²) < 4.78 is 7.86. The Kier molecular flexibility index (Phi) is 9.56. The number of unbranched alkanes of at least 4 members (excludes halogenated alkanes) is 4. The Morgan fingerprint density at radius 2 is 1.70 bits per heavy atom. The third-order valence-electron chi connectivity index (χ3n) is 3.78. The monoisotopic (exact) mass is 445 g/mol. The van der Waals surface area contributed by atoms with Gasteiger partial charge in [-0.25, -0.2) is 4.57 Å². The van der Waals surface area contributed by atoms with Gasteiger partial charge in [-0.1, -0.05) is 44.2 Å². The Morgan fingerprint density at radius 3 is 2.39 bits per heavy atom. The highest BCUT2D eigenvalue weighted by atomic mass is 127. The second kappa shape index (κ2) is 10.9. The summed E-state index contributed by atoms with van der Waals surface area (Å²) >= 11 is 6.08. The fourth-order valence-electron chi connectivity index (χ4n) is 2.45. The number of benzene rings is 1. The van der Waals surface area contributed by atoms with Crippen molar-refractivity contribution in [2.75, 3.05) is 6.61 Å². The van der Waals surface area contributed by atoms with Crippen molar-refractivity contribution in [3.8, 4) is 17.0 Å². The van der Waals surface area contributed by atoms with E-state index in [2.05, 4.69) is 23.6 Å². The van der Waals surface area contributed by atoms with Crippen LogP contribution in [0, 0.1) is 0 Å². The zero-order valence-corrected chi connectivity index (χ0v) is 16.8. The maximum Gasteiger partial charge on any atom is 0.213 e. The van der Waals surface area contributed by atoms with Crippen molar-refractivity contribution in [1.29, 1.82) is 0 Å². The summed E-state index contributed by atoms with van der Waals surface area (Å²) in [6, 6.07) is 12.1. The number of halogens is 2. The summed E-state index contributed by atoms with van der Waals surface area (Å²) in [4.78, 5) is 0. The molecule has 0 aliphatic heterocycles. The number of nitrogens with zero attached hydrogens (tertiary/aromatic N) is 1. The number of hydrogen-bond acceptors (Lipinski definition) is 1. The molecule has 0 atom stereocenters. The van der Waals surface area contributed by atoms with Crippen LogP contribution in [0.1, 0.15) is 39.0 Å². The van der Waals surface area contributed by atoms with Gasteiger partial charge in [0, 0.05) is 17.7 Å². The van der Waals surface area contributed by atoms with Crippen LogP contribution < -0.4 is 33.3 Å². The van der Waals surface area contributed by atoms with E-state index < -0.39 is 0 Å². The van der Waals surface area contributed by atoms with Crippen molar-refractivity contribution < 1.29 is 33.3 Å². The average Bonchev–Trinajstić information content (AvgIpc) is 2.54. The van der Waals surface area contributed by atoms with E-state index in [1.54, 1.807) is 0 Å². The average molecular weight is 446 g/mol. The highest BCUT2D eigenvalue weighted by molar-refractivity contribution is 6.30. The van der Waals surface area contributed by atoms with Gasteiger partial charge in [-0.3, -0.25) is 0 Å². The van der Waals surface area contributed by atoms with Crippen molar-refractivity contribution >= 4 is 11.6 Å². The van der Waals surface area contributed by atoms with Crippen LogP contribution in [-0.4, -0.2) is 6.61 Å². The summed E-state index contributed by atoms with van der Waals surface area (Å²) in [5.41, 5.74) is 2.24. The first-order valence-corrected chi connectivity index (χ1v) is 8.47. The van der Waals surface area contributed by atoms with Gasteiger partial charge < -0.3 is 28.7 Å². The van der Waals surface area contributed by atoms with Crippen LogP contribution in [0.2, 0.25) is 5.02 Å². The zero-order chi connectivity index (χ0) is 15.8. The first-order valence-electron chi connectivity index (χ1n) is 8.09. The molecule has 4 heteroatoms. The van der Waals surface area contributed by atoms with Crippen LogP contribution in [0.25, 0.3) is 11.3 Å². The lowest BCUT2D eigenvalue weighted by molar-refractivity contribution is -0.660. The van der Waals surface area contributed by atoms with Gasteiger partial charge in [0.05, 0.1) is 11.6 Å². The molecular weight excluding hydrogens is 421 g/mol. The van der Waals surface area contributed by atoms with E-state index in [9.17, 15) is 0 Å². The zero-order valence-electron chi connectivity index (χ0n) is 13.9. The van der Waals surface area contributed by atoms with Crippen molar-refractivity contribution in [2.24, 2.45) is 7.05 Å². The van der Waals surface area contributed by atoms with Crippen molar-refractivity contribution in [3.05, 3.63) is 47.6 Å². The second-order valence-electron chi connectivity index (χ2n) is 5.63. The fourth-order valence-corrected chi connectivity index (χ4v) is 2.61. The lowest BCUT2D eigenvalue weighted by Crippen LogP contribution is -3.00. The van der Waals surface area contributed by atoms with E-state index in [4.69, 9.17) is 16.3 Å². The van der Waals surface area contributed by atoms with Crippen LogP contribution in [0.3, 0.4) is 0 Å². The van der Waals surface area contributed by atoms with Crippen LogP contribution >= 0.6 is 11.6 Å². The number of pyridine rings is 1. The number of aromatic nitrogens is 1. The second-order valence-corrected chi connectivity index (χ2v) is 6.06. The maximum absolute atomic E-state index is 6.08. The molecule has 0 radical (unpaired) electrons. The molecule has 0 spiro atoms. The topological polar surface area (TPSA) is 13.1 Å². The van der Waals surface area contributed by atoms with Gasteiger partial charge in [-0.2, -0.15) is 0 Å². The van der Waals surface area contributed by atoms with E-state index in [0.717, 1.165) is 35.1 Å². The third-order valence-corrected chi connectivity index (χ3v) is 4.01. The first kappa shape index (κ1) is 20.2. The van der Waals surface area contributed by atoms with E-state index in [1.165, 1.54) is 25.7 Å². The van der Waals surface area contributed by atoms with Gasteiger partial charge >= 0.3 is 0 Å². The lowest BCUT2D eigenvalue weighted by atomic mass is 10.1. The summed E-state index contributed by atoms with van der Waals surface area (Å²) in [6.07, 6.45) is 8.27. The SMILES string of the molecule is CCCCCCCOc1ccc(-c2cc(Cl)cc[n+]2C)cc1.[I-]. The summed E-state index contributed by atoms with van der Waals surface area (Å²) in [7, 11) is 2.02. The van der Waals surface area contributed by atoms with Crippen LogP contribution in [0.5, 0.6) is 5.75 Å². The molecule has 1 heterocycles. The van der Waals surface area contributed by atoms with Crippen LogP contribution in [0.4, 0.5) is 0 Å². The Morgan fingerprint density at radius 1 is 1.00 bits per heavy atom. The molecule has 1 aromatic carbocycles. The smallest absolute Gasteiger partial charge is 0.213 e. The van der Waals surface area contributed by atoms with Gasteiger partial charge in [0.25, 0.3) is 0 Å². The van der Waals surface area contributed by atoms with Gasteiger partial charge in [0.1, 0.15) is 12.8 Å². The summed E-state index contributed by atoms with van der Waals surface area (Å²) in [6.45, 7) is 3.03. The van der Waals surface area contributed by atoms with Gasteiger partial charge in [0.2, 0.25) is 5.69 Å². The fraction of sp³-hybridized carbons (Fsp3) is 0.421. The normalized spacial score (nSPS) is 10.2. The molecule has 0 aliphatic carbocycles. The molecule has 0 amide bonds. The minimum absolute atomic E-state index is 0. The Labute approximate surface area is 161 Å². The molecule has 23 heavy (non-hydrogen) atoms. The highest BCUT2D eigenvalue weighted by Crippen LogP contribution is 2.22. The summed E-state index contributed by atoms with van der Waals surface area (Å²) in [5.74, 6) is 0.934. The number of hydrogen-bond donors (Lipinski definition) is 0. The van der Waals surface area contributed by atoms with Crippen molar-refractivity contribution in [2.45, 2.75) is 39.0 Å². The Balaban J connectivity index is 0.00000264. The predicted octanol–water partition coefficient (Wildman–Crippen LogP) is 2.18. The lowest BCUT2D eigenvalue weighted by Gasteiger charge is -2.07. The van der Waals surface area contributed by atoms with Crippen LogP contribution in [-0.2, 0) is 7.05 Å². The number of rotatable bonds is 8. The molecule has 2 nitrogen and oxygen atoms in total. The molecular formula is C19H25ClINO. The molecule has 0 fully saturated rings. The molecule has 0 bridgehead atoms. The predicted molar refractivity (Wildman–Crippen MR) is 92.3 cm³/mol. The largest absolute Gasteiger partial charge is 1.00 e. The van der Waals surface area contributed by atoms with E-state index >= 15 is 0 Å². The minimum atomic E-state index is 0. The number of aryl methyl sites for hydroxylation is 1. The van der Waals surface area contributed by atoms with Crippen molar-refractivity contribution in [3.63, 3.8) is 0 Å². The molecule has 2 rings (SSSR count). The molecule has 2 aromatic rings. The Bertz CT molecular complexity index is 586. The van der Waals surface area contributed by atoms with Gasteiger partial charge in [0.15, 0.2) is 6.20 Å². The molecule has 1 aromatic heterocycles. The first-order chi connectivity index (χ1) is 10.7. The van der Waals surface area contributed by atoms with Crippen LogP contribution in [0.15, 0.2) is 42.6 Å².